The lowest BCUT2D eigenvalue weighted by molar-refractivity contribution is 0.670. The van der Waals surface area contributed by atoms with Crippen LogP contribution in [-0.4, -0.2) is 9.97 Å². The van der Waals surface area contributed by atoms with Gasteiger partial charge in [-0.1, -0.05) is 158 Å². The molecule has 0 saturated carbocycles. The molecule has 11 aromatic rings. The predicted octanol–water partition coefficient (Wildman–Crippen LogP) is 14.7. The average Bonchev–Trinajstić information content (AvgIpc) is 3.85. The molecule has 0 saturated heterocycles. The summed E-state index contributed by atoms with van der Waals surface area (Å²) in [6.45, 7) is 0. The number of hydrogen-bond donors (Lipinski definition) is 0. The molecule has 0 bridgehead atoms. The van der Waals surface area contributed by atoms with Crippen molar-refractivity contribution in [3.05, 3.63) is 194 Å². The second-order valence-electron chi connectivity index (χ2n) is 14.1. The molecule has 0 spiro atoms. The molecule has 0 aliphatic heterocycles. The van der Waals surface area contributed by atoms with Crippen LogP contribution in [0.25, 0.3) is 109 Å². The van der Waals surface area contributed by atoms with Gasteiger partial charge in [-0.05, 0) is 64.2 Å². The molecule has 3 heterocycles. The lowest BCUT2D eigenvalue weighted by Crippen LogP contribution is -1.96. The maximum atomic E-state index is 6.70. The predicted molar refractivity (Wildman–Crippen MR) is 235 cm³/mol. The van der Waals surface area contributed by atoms with Gasteiger partial charge < -0.3 is 4.42 Å². The van der Waals surface area contributed by atoms with Crippen LogP contribution >= 0.6 is 11.3 Å². The van der Waals surface area contributed by atoms with Crippen molar-refractivity contribution in [2.45, 2.75) is 0 Å². The molecular weight excluding hydrogens is 701 g/mol. The van der Waals surface area contributed by atoms with Gasteiger partial charge in [-0.15, -0.1) is 11.3 Å². The van der Waals surface area contributed by atoms with E-state index in [1.165, 1.54) is 31.3 Å². The Balaban J connectivity index is 1.01. The van der Waals surface area contributed by atoms with Crippen LogP contribution in [0, 0.1) is 0 Å². The highest BCUT2D eigenvalue weighted by atomic mass is 32.1. The summed E-state index contributed by atoms with van der Waals surface area (Å²) in [6, 6.07) is 68.4. The average molecular weight is 733 g/mol. The van der Waals surface area contributed by atoms with E-state index in [0.717, 1.165) is 72.3 Å². The molecule has 0 unspecified atom stereocenters. The van der Waals surface area contributed by atoms with Crippen molar-refractivity contribution in [2.24, 2.45) is 0 Å². The minimum Gasteiger partial charge on any atom is -0.455 e. The molecular formula is C52H32N2OS. The quantitative estimate of drug-likeness (QED) is 0.171. The van der Waals surface area contributed by atoms with Gasteiger partial charge in [0.1, 0.15) is 11.2 Å². The van der Waals surface area contributed by atoms with Crippen LogP contribution in [0.4, 0.5) is 0 Å². The number of furan rings is 1. The van der Waals surface area contributed by atoms with Gasteiger partial charge >= 0.3 is 0 Å². The fraction of sp³-hybridized carbons (Fsp3) is 0. The summed E-state index contributed by atoms with van der Waals surface area (Å²) >= 11 is 1.84. The van der Waals surface area contributed by atoms with E-state index in [0.29, 0.717) is 5.82 Å². The zero-order valence-corrected chi connectivity index (χ0v) is 31.0. The monoisotopic (exact) mass is 732 g/mol. The first-order valence-electron chi connectivity index (χ1n) is 18.8. The summed E-state index contributed by atoms with van der Waals surface area (Å²) in [5.41, 5.74) is 13.4. The number of rotatable bonds is 6. The number of fused-ring (bicyclic) bond motifs is 6. The zero-order valence-electron chi connectivity index (χ0n) is 30.2. The molecule has 0 aliphatic rings. The molecule has 0 fully saturated rings. The number of benzene rings is 8. The van der Waals surface area contributed by atoms with E-state index in [1.807, 2.05) is 41.7 Å². The summed E-state index contributed by atoms with van der Waals surface area (Å²) in [6.07, 6.45) is 0. The van der Waals surface area contributed by atoms with Crippen LogP contribution in [0.5, 0.6) is 0 Å². The summed E-state index contributed by atoms with van der Waals surface area (Å²) in [7, 11) is 0. The Kier molecular flexibility index (Phi) is 7.68. The van der Waals surface area contributed by atoms with E-state index in [2.05, 4.69) is 164 Å². The Hall–Kier alpha value is -7.14. The van der Waals surface area contributed by atoms with E-state index in [1.54, 1.807) is 0 Å². The number of para-hydroxylation sites is 1. The SMILES string of the molecule is c1ccc(-c2ccc(-c3cc(-c4ccc(-c5ccc(-c6ccc7sc8ccccc8c7c6)c6oc7ccccc7c56)cc4)nc(-c4ccccc4)n3)cc2)cc1. The van der Waals surface area contributed by atoms with Crippen molar-refractivity contribution < 1.29 is 4.42 Å². The number of nitrogens with zero attached hydrogens (tertiary/aromatic N) is 2. The number of aromatic nitrogens is 2. The second kappa shape index (κ2) is 13.3. The minimum atomic E-state index is 0.699. The van der Waals surface area contributed by atoms with Crippen molar-refractivity contribution in [2.75, 3.05) is 0 Å². The third-order valence-electron chi connectivity index (χ3n) is 10.8. The lowest BCUT2D eigenvalue weighted by Gasteiger charge is -2.12. The smallest absolute Gasteiger partial charge is 0.160 e. The van der Waals surface area contributed by atoms with E-state index >= 15 is 0 Å². The van der Waals surface area contributed by atoms with Crippen LogP contribution in [0.1, 0.15) is 0 Å². The minimum absolute atomic E-state index is 0.699. The molecule has 0 N–H and O–H groups in total. The Bertz CT molecular complexity index is 3220. The summed E-state index contributed by atoms with van der Waals surface area (Å²) in [5, 5.41) is 4.80. The highest BCUT2D eigenvalue weighted by molar-refractivity contribution is 7.25. The lowest BCUT2D eigenvalue weighted by atomic mass is 9.93. The van der Waals surface area contributed by atoms with Gasteiger partial charge in [-0.2, -0.15) is 0 Å². The largest absolute Gasteiger partial charge is 0.455 e. The third-order valence-corrected chi connectivity index (χ3v) is 11.9. The highest BCUT2D eigenvalue weighted by Gasteiger charge is 2.19. The highest BCUT2D eigenvalue weighted by Crippen LogP contribution is 2.44. The van der Waals surface area contributed by atoms with Crippen LogP contribution in [0.15, 0.2) is 199 Å². The van der Waals surface area contributed by atoms with Gasteiger partial charge in [0, 0.05) is 53.2 Å². The Morgan fingerprint density at radius 3 is 1.62 bits per heavy atom. The van der Waals surface area contributed by atoms with Crippen molar-refractivity contribution in [1.82, 2.24) is 9.97 Å². The standard InChI is InChI=1S/C52H32N2OS/c1-3-11-33(12-4-1)34-19-23-36(24-20-34)45-32-46(54-52(53-45)38-13-5-2-6-14-38)37-25-21-35(22-26-37)40-28-29-41(51-50(40)43-16-7-9-17-47(43)55-51)39-27-30-49-44(31-39)42-15-8-10-18-48(42)56-49/h1-32H. The molecule has 0 atom stereocenters. The molecule has 3 aromatic heterocycles. The molecule has 56 heavy (non-hydrogen) atoms. The zero-order chi connectivity index (χ0) is 37.0. The first-order chi connectivity index (χ1) is 27.7. The van der Waals surface area contributed by atoms with Gasteiger partial charge in [0.15, 0.2) is 5.82 Å². The first kappa shape index (κ1) is 32.3. The molecule has 0 aliphatic carbocycles. The Morgan fingerprint density at radius 1 is 0.357 bits per heavy atom. The Morgan fingerprint density at radius 2 is 0.893 bits per heavy atom. The van der Waals surface area contributed by atoms with Crippen LogP contribution in [-0.2, 0) is 0 Å². The van der Waals surface area contributed by atoms with Crippen molar-refractivity contribution in [3.63, 3.8) is 0 Å². The van der Waals surface area contributed by atoms with Crippen LogP contribution < -0.4 is 0 Å². The van der Waals surface area contributed by atoms with Crippen molar-refractivity contribution in [1.29, 1.82) is 0 Å². The topological polar surface area (TPSA) is 38.9 Å². The first-order valence-corrected chi connectivity index (χ1v) is 19.6. The normalized spacial score (nSPS) is 11.6. The molecule has 3 nitrogen and oxygen atoms in total. The second-order valence-corrected chi connectivity index (χ2v) is 15.2. The van der Waals surface area contributed by atoms with Gasteiger partial charge in [0.05, 0.1) is 11.4 Å². The van der Waals surface area contributed by atoms with Gasteiger partial charge in [0.25, 0.3) is 0 Å². The molecule has 8 aromatic carbocycles. The molecule has 11 rings (SSSR count). The van der Waals surface area contributed by atoms with Crippen molar-refractivity contribution in [3.8, 4) is 67.3 Å². The van der Waals surface area contributed by atoms with Gasteiger partial charge in [-0.25, -0.2) is 9.97 Å². The maximum absolute atomic E-state index is 6.70. The molecule has 4 heteroatoms. The van der Waals surface area contributed by atoms with Crippen LogP contribution in [0.2, 0.25) is 0 Å². The van der Waals surface area contributed by atoms with Crippen molar-refractivity contribution >= 4 is 53.4 Å². The molecule has 0 radical (unpaired) electrons. The van der Waals surface area contributed by atoms with Crippen LogP contribution in [0.3, 0.4) is 0 Å². The summed E-state index contributed by atoms with van der Waals surface area (Å²) < 4.78 is 9.30. The van der Waals surface area contributed by atoms with Gasteiger partial charge in [0.2, 0.25) is 0 Å². The summed E-state index contributed by atoms with van der Waals surface area (Å²) in [4.78, 5) is 10.2. The Labute approximate surface area is 327 Å². The molecule has 262 valence electrons. The van der Waals surface area contributed by atoms with E-state index < -0.39 is 0 Å². The van der Waals surface area contributed by atoms with E-state index in [-0.39, 0.29) is 0 Å². The maximum Gasteiger partial charge on any atom is 0.160 e. The van der Waals surface area contributed by atoms with E-state index in [9.17, 15) is 0 Å². The third kappa shape index (κ3) is 5.58. The summed E-state index contributed by atoms with van der Waals surface area (Å²) in [5.74, 6) is 0.699. The number of hydrogen-bond acceptors (Lipinski definition) is 4. The molecule has 0 amide bonds. The van der Waals surface area contributed by atoms with Gasteiger partial charge in [-0.3, -0.25) is 0 Å². The fourth-order valence-electron chi connectivity index (χ4n) is 7.93. The van der Waals surface area contributed by atoms with E-state index in [4.69, 9.17) is 14.4 Å². The fourth-order valence-corrected chi connectivity index (χ4v) is 9.02. The number of thiophene rings is 1.